The number of aliphatic hydroxyl groups is 2. The van der Waals surface area contributed by atoms with Gasteiger partial charge in [0.2, 0.25) is 0 Å². The Bertz CT molecular complexity index is 216. The Kier molecular flexibility index (Phi) is 3.14. The van der Waals surface area contributed by atoms with E-state index in [9.17, 15) is 5.11 Å². The van der Waals surface area contributed by atoms with Gasteiger partial charge in [0.15, 0.2) is 0 Å². The first-order valence-electron chi connectivity index (χ1n) is 4.95. The van der Waals surface area contributed by atoms with Gasteiger partial charge in [0.25, 0.3) is 0 Å². The highest BCUT2D eigenvalue weighted by atomic mass is 16.3. The molecule has 0 aromatic carbocycles. The Labute approximate surface area is 80.3 Å². The van der Waals surface area contributed by atoms with E-state index in [1.165, 1.54) is 11.1 Å². The predicted molar refractivity (Wildman–Crippen MR) is 53.4 cm³/mol. The molecule has 1 rings (SSSR count). The molecule has 0 saturated heterocycles. The third kappa shape index (κ3) is 2.32. The van der Waals surface area contributed by atoms with Gasteiger partial charge in [-0.15, -0.1) is 0 Å². The van der Waals surface area contributed by atoms with E-state index in [0.717, 1.165) is 19.3 Å². The zero-order valence-corrected chi connectivity index (χ0v) is 8.80. The van der Waals surface area contributed by atoms with E-state index in [-0.39, 0.29) is 18.1 Å². The van der Waals surface area contributed by atoms with Crippen molar-refractivity contribution in [2.75, 3.05) is 6.61 Å². The number of hydrogen-bond acceptors (Lipinski definition) is 2. The molecule has 76 valence electrons. The van der Waals surface area contributed by atoms with Crippen molar-refractivity contribution in [2.45, 2.75) is 46.1 Å². The molecule has 0 aromatic heterocycles. The van der Waals surface area contributed by atoms with Crippen LogP contribution in [0.1, 0.15) is 40.0 Å². The summed E-state index contributed by atoms with van der Waals surface area (Å²) in [4.78, 5) is 0. The van der Waals surface area contributed by atoms with Crippen molar-refractivity contribution in [3.8, 4) is 0 Å². The van der Waals surface area contributed by atoms with Gasteiger partial charge in [0.1, 0.15) is 0 Å². The summed E-state index contributed by atoms with van der Waals surface area (Å²) in [5, 5.41) is 18.5. The molecule has 0 heterocycles. The second kappa shape index (κ2) is 3.81. The number of rotatable bonds is 2. The van der Waals surface area contributed by atoms with Gasteiger partial charge in [-0.25, -0.2) is 0 Å². The molecule has 1 unspecified atom stereocenters. The van der Waals surface area contributed by atoms with Crippen LogP contribution in [-0.4, -0.2) is 22.9 Å². The van der Waals surface area contributed by atoms with E-state index in [1.54, 1.807) is 0 Å². The van der Waals surface area contributed by atoms with E-state index in [0.29, 0.717) is 0 Å². The van der Waals surface area contributed by atoms with Crippen LogP contribution in [0.5, 0.6) is 0 Å². The minimum atomic E-state index is -0.197. The summed E-state index contributed by atoms with van der Waals surface area (Å²) in [6.07, 6.45) is 2.15. The lowest BCUT2D eigenvalue weighted by molar-refractivity contribution is 0.111. The molecule has 0 spiro atoms. The van der Waals surface area contributed by atoms with Crippen LogP contribution in [-0.2, 0) is 0 Å². The van der Waals surface area contributed by atoms with E-state index in [2.05, 4.69) is 20.8 Å². The molecule has 1 atom stereocenters. The van der Waals surface area contributed by atoms with Crippen molar-refractivity contribution in [3.05, 3.63) is 11.1 Å². The van der Waals surface area contributed by atoms with Gasteiger partial charge in [-0.1, -0.05) is 25.0 Å². The van der Waals surface area contributed by atoms with Crippen LogP contribution in [0.15, 0.2) is 11.1 Å². The molecule has 1 aliphatic carbocycles. The molecular formula is C11H20O2. The molecular weight excluding hydrogens is 164 g/mol. The van der Waals surface area contributed by atoms with Crippen molar-refractivity contribution in [3.63, 3.8) is 0 Å². The Morgan fingerprint density at radius 1 is 1.46 bits per heavy atom. The summed E-state index contributed by atoms with van der Waals surface area (Å²) in [5.74, 6) is 0. The molecule has 2 heteroatoms. The second-order valence-corrected chi connectivity index (χ2v) is 4.68. The lowest BCUT2D eigenvalue weighted by atomic mass is 9.70. The van der Waals surface area contributed by atoms with Gasteiger partial charge < -0.3 is 10.2 Å². The summed E-state index contributed by atoms with van der Waals surface area (Å²) in [5.41, 5.74) is 2.66. The maximum Gasteiger partial charge on any atom is 0.0585 e. The maximum atomic E-state index is 9.60. The van der Waals surface area contributed by atoms with Gasteiger partial charge in [0, 0.05) is 6.61 Å². The summed E-state index contributed by atoms with van der Waals surface area (Å²) in [7, 11) is 0. The average Bonchev–Trinajstić information content (AvgIpc) is 1.95. The fourth-order valence-electron chi connectivity index (χ4n) is 2.50. The van der Waals surface area contributed by atoms with E-state index < -0.39 is 0 Å². The quantitative estimate of drug-likeness (QED) is 0.643. The van der Waals surface area contributed by atoms with Crippen LogP contribution in [0.4, 0.5) is 0 Å². The van der Waals surface area contributed by atoms with Crippen LogP contribution in [0, 0.1) is 5.41 Å². The SMILES string of the molecule is CC1=C(CCO)C(C)(C)CC(O)C1. The van der Waals surface area contributed by atoms with Gasteiger partial charge in [0.05, 0.1) is 6.10 Å². The minimum absolute atomic E-state index is 0.0600. The van der Waals surface area contributed by atoms with Crippen LogP contribution >= 0.6 is 0 Å². The van der Waals surface area contributed by atoms with Crippen LogP contribution in [0.2, 0.25) is 0 Å². The maximum absolute atomic E-state index is 9.60. The normalized spacial score (nSPS) is 27.9. The van der Waals surface area contributed by atoms with Gasteiger partial charge in [-0.3, -0.25) is 0 Å². The van der Waals surface area contributed by atoms with Crippen LogP contribution < -0.4 is 0 Å². The van der Waals surface area contributed by atoms with Gasteiger partial charge >= 0.3 is 0 Å². The lowest BCUT2D eigenvalue weighted by Crippen LogP contribution is -2.29. The van der Waals surface area contributed by atoms with Crippen molar-refractivity contribution >= 4 is 0 Å². The van der Waals surface area contributed by atoms with E-state index in [1.807, 2.05) is 0 Å². The van der Waals surface area contributed by atoms with Gasteiger partial charge in [-0.05, 0) is 31.6 Å². The summed E-state index contributed by atoms with van der Waals surface area (Å²) >= 11 is 0. The first-order chi connectivity index (χ1) is 5.97. The molecule has 0 aromatic rings. The lowest BCUT2D eigenvalue weighted by Gasteiger charge is -2.37. The van der Waals surface area contributed by atoms with Crippen LogP contribution in [0.3, 0.4) is 0 Å². The molecule has 2 nitrogen and oxygen atoms in total. The van der Waals surface area contributed by atoms with E-state index in [4.69, 9.17) is 5.11 Å². The molecule has 13 heavy (non-hydrogen) atoms. The third-order valence-electron chi connectivity index (χ3n) is 2.98. The predicted octanol–water partition coefficient (Wildman–Crippen LogP) is 1.87. The number of aliphatic hydroxyl groups excluding tert-OH is 2. The molecule has 2 N–H and O–H groups in total. The van der Waals surface area contributed by atoms with Crippen molar-refractivity contribution in [1.29, 1.82) is 0 Å². The largest absolute Gasteiger partial charge is 0.396 e. The summed E-state index contributed by atoms with van der Waals surface area (Å²) in [6, 6.07) is 0. The summed E-state index contributed by atoms with van der Waals surface area (Å²) in [6.45, 7) is 6.56. The van der Waals surface area contributed by atoms with Crippen molar-refractivity contribution < 1.29 is 10.2 Å². The topological polar surface area (TPSA) is 40.5 Å². The molecule has 0 saturated carbocycles. The zero-order chi connectivity index (χ0) is 10.1. The highest BCUT2D eigenvalue weighted by Gasteiger charge is 2.31. The first kappa shape index (κ1) is 10.7. The monoisotopic (exact) mass is 184 g/mol. The van der Waals surface area contributed by atoms with Gasteiger partial charge in [-0.2, -0.15) is 0 Å². The second-order valence-electron chi connectivity index (χ2n) is 4.68. The Hall–Kier alpha value is -0.340. The molecule has 0 fully saturated rings. The van der Waals surface area contributed by atoms with Crippen molar-refractivity contribution in [1.82, 2.24) is 0 Å². The van der Waals surface area contributed by atoms with Crippen LogP contribution in [0.25, 0.3) is 0 Å². The zero-order valence-electron chi connectivity index (χ0n) is 8.80. The molecule has 0 bridgehead atoms. The first-order valence-corrected chi connectivity index (χ1v) is 4.95. The Balaban J connectivity index is 2.90. The minimum Gasteiger partial charge on any atom is -0.396 e. The Morgan fingerprint density at radius 2 is 2.08 bits per heavy atom. The smallest absolute Gasteiger partial charge is 0.0585 e. The molecule has 1 aliphatic rings. The van der Waals surface area contributed by atoms with Crippen molar-refractivity contribution in [2.24, 2.45) is 5.41 Å². The summed E-state index contributed by atoms with van der Waals surface area (Å²) < 4.78 is 0. The average molecular weight is 184 g/mol. The highest BCUT2D eigenvalue weighted by Crippen LogP contribution is 2.41. The molecule has 0 radical (unpaired) electrons. The Morgan fingerprint density at radius 3 is 2.54 bits per heavy atom. The van der Waals surface area contributed by atoms with E-state index >= 15 is 0 Å². The number of hydrogen-bond donors (Lipinski definition) is 2. The molecule has 0 amide bonds. The fraction of sp³-hybridized carbons (Fsp3) is 0.818. The highest BCUT2D eigenvalue weighted by molar-refractivity contribution is 5.23. The fourth-order valence-corrected chi connectivity index (χ4v) is 2.50. The standard InChI is InChI=1S/C11H20O2/c1-8-6-9(13)7-11(2,3)10(8)4-5-12/h9,12-13H,4-7H2,1-3H3. The molecule has 0 aliphatic heterocycles. The third-order valence-corrected chi connectivity index (χ3v) is 2.98.